The highest BCUT2D eigenvalue weighted by molar-refractivity contribution is 5.92. The predicted molar refractivity (Wildman–Crippen MR) is 116 cm³/mol. The Balaban J connectivity index is 1.58. The van der Waals surface area contributed by atoms with Crippen molar-refractivity contribution in [3.05, 3.63) is 100 Å². The molecule has 10 heteroatoms. The Kier molecular flexibility index (Phi) is 5.67. The minimum absolute atomic E-state index is 0.0173. The minimum Gasteiger partial charge on any atom is -0.497 e. The Hall–Kier alpha value is -4.47. The second-order valence-corrected chi connectivity index (χ2v) is 7.00. The summed E-state index contributed by atoms with van der Waals surface area (Å²) in [6.07, 6.45) is 5.10. The number of hydrogen-bond donors (Lipinski definition) is 1. The van der Waals surface area contributed by atoms with Crippen LogP contribution < -0.4 is 10.1 Å². The van der Waals surface area contributed by atoms with Crippen LogP contribution in [0.15, 0.2) is 73.2 Å². The molecule has 0 aliphatic carbocycles. The van der Waals surface area contributed by atoms with Crippen LogP contribution in [0.1, 0.15) is 27.9 Å². The van der Waals surface area contributed by atoms with Gasteiger partial charge in [0.25, 0.3) is 11.6 Å². The third-order valence-corrected chi connectivity index (χ3v) is 4.99. The molecule has 0 bridgehead atoms. The number of rotatable bonds is 7. The Bertz CT molecular complexity index is 1240. The molecule has 2 aromatic heterocycles. The Morgan fingerprint density at radius 3 is 2.41 bits per heavy atom. The number of benzene rings is 2. The maximum Gasteiger partial charge on any atom is 0.272 e. The van der Waals surface area contributed by atoms with Gasteiger partial charge in [-0.1, -0.05) is 12.1 Å². The summed E-state index contributed by atoms with van der Waals surface area (Å²) in [5.74, 6) is 0.994. The van der Waals surface area contributed by atoms with Gasteiger partial charge < -0.3 is 14.6 Å². The number of non-ortho nitro benzene ring substituents is 1. The fourth-order valence-corrected chi connectivity index (χ4v) is 3.27. The van der Waals surface area contributed by atoms with Crippen LogP contribution in [0.25, 0.3) is 5.69 Å². The summed E-state index contributed by atoms with van der Waals surface area (Å²) in [4.78, 5) is 27.8. The van der Waals surface area contributed by atoms with Crippen LogP contribution in [-0.4, -0.2) is 37.3 Å². The summed E-state index contributed by atoms with van der Waals surface area (Å²) < 4.78 is 8.55. The van der Waals surface area contributed by atoms with Gasteiger partial charge in [-0.3, -0.25) is 14.9 Å². The van der Waals surface area contributed by atoms with E-state index in [0.29, 0.717) is 17.3 Å². The number of carbonyl (C=O) groups excluding carboxylic acids is 1. The lowest BCUT2D eigenvalue weighted by atomic mass is 10.1. The molecule has 2 heterocycles. The molecule has 0 spiro atoms. The maximum atomic E-state index is 13.0. The molecule has 10 nitrogen and oxygen atoms in total. The van der Waals surface area contributed by atoms with Gasteiger partial charge in [0.15, 0.2) is 5.69 Å². The number of methoxy groups -OCH3 is 1. The molecular weight excluding hydrogens is 412 g/mol. The molecule has 162 valence electrons. The van der Waals surface area contributed by atoms with E-state index in [1.807, 2.05) is 35.9 Å². The molecule has 0 radical (unpaired) electrons. The number of hydrogen-bond acceptors (Lipinski definition) is 6. The van der Waals surface area contributed by atoms with E-state index in [1.165, 1.54) is 16.8 Å². The largest absolute Gasteiger partial charge is 0.497 e. The fraction of sp³-hybridized carbons (Fsp3) is 0.136. The number of nitrogens with zero attached hydrogens (tertiary/aromatic N) is 5. The lowest BCUT2D eigenvalue weighted by molar-refractivity contribution is -0.384. The predicted octanol–water partition coefficient (Wildman–Crippen LogP) is 3.04. The van der Waals surface area contributed by atoms with Crippen LogP contribution in [0.4, 0.5) is 5.69 Å². The van der Waals surface area contributed by atoms with Crippen LogP contribution in [0.5, 0.6) is 5.75 Å². The van der Waals surface area contributed by atoms with Crippen molar-refractivity contribution in [1.29, 1.82) is 0 Å². The van der Waals surface area contributed by atoms with Crippen LogP contribution in [0, 0.1) is 10.1 Å². The molecule has 1 atom stereocenters. The minimum atomic E-state index is -0.502. The quantitative estimate of drug-likeness (QED) is 0.354. The average molecular weight is 432 g/mol. The smallest absolute Gasteiger partial charge is 0.272 e. The number of imidazole rings is 1. The molecule has 0 saturated carbocycles. The first-order valence-electron chi connectivity index (χ1n) is 9.69. The monoisotopic (exact) mass is 432 g/mol. The molecule has 0 aliphatic heterocycles. The number of nitro groups is 1. The summed E-state index contributed by atoms with van der Waals surface area (Å²) in [5.41, 5.74) is 1.63. The van der Waals surface area contributed by atoms with E-state index in [1.54, 1.807) is 43.9 Å². The van der Waals surface area contributed by atoms with E-state index in [-0.39, 0.29) is 17.3 Å². The van der Waals surface area contributed by atoms with Crippen molar-refractivity contribution in [2.75, 3.05) is 7.11 Å². The van der Waals surface area contributed by atoms with E-state index in [9.17, 15) is 14.9 Å². The zero-order chi connectivity index (χ0) is 22.7. The standard InChI is InChI=1S/C22H20N6O4/c1-26-14-12-23-21(26)20(15-3-9-18(32-2)10-4-15)24-22(29)19-11-13-27(25-19)16-5-7-17(8-6-16)28(30)31/h3-14,20H,1-2H3,(H,24,29). The number of carbonyl (C=O) groups is 1. The van der Waals surface area contributed by atoms with Crippen LogP contribution in [0.3, 0.4) is 0 Å². The molecular formula is C22H20N6O4. The third-order valence-electron chi connectivity index (χ3n) is 4.99. The van der Waals surface area contributed by atoms with Crippen molar-refractivity contribution in [3.8, 4) is 11.4 Å². The first-order chi connectivity index (χ1) is 15.5. The van der Waals surface area contributed by atoms with Gasteiger partial charge in [0, 0.05) is 37.8 Å². The van der Waals surface area contributed by atoms with Gasteiger partial charge in [0.2, 0.25) is 0 Å². The molecule has 0 aliphatic rings. The summed E-state index contributed by atoms with van der Waals surface area (Å²) in [7, 11) is 3.45. The van der Waals surface area contributed by atoms with Gasteiger partial charge in [-0.15, -0.1) is 0 Å². The fourth-order valence-electron chi connectivity index (χ4n) is 3.27. The average Bonchev–Trinajstić information content (AvgIpc) is 3.47. The normalized spacial score (nSPS) is 11.7. The van der Waals surface area contributed by atoms with Crippen LogP contribution in [-0.2, 0) is 7.05 Å². The van der Waals surface area contributed by atoms with Gasteiger partial charge in [0.1, 0.15) is 17.6 Å². The molecule has 4 rings (SSSR count). The second-order valence-electron chi connectivity index (χ2n) is 7.00. The summed E-state index contributed by atoms with van der Waals surface area (Å²) >= 11 is 0. The van der Waals surface area contributed by atoms with E-state index in [2.05, 4.69) is 15.4 Å². The molecule has 1 amide bonds. The van der Waals surface area contributed by atoms with E-state index in [0.717, 1.165) is 5.56 Å². The lowest BCUT2D eigenvalue weighted by Gasteiger charge is -2.19. The second kappa shape index (κ2) is 8.72. The Morgan fingerprint density at radius 1 is 1.09 bits per heavy atom. The summed E-state index contributed by atoms with van der Waals surface area (Å²) in [5, 5.41) is 18.1. The van der Waals surface area contributed by atoms with Crippen molar-refractivity contribution < 1.29 is 14.5 Å². The zero-order valence-corrected chi connectivity index (χ0v) is 17.4. The van der Waals surface area contributed by atoms with Gasteiger partial charge in [-0.2, -0.15) is 5.10 Å². The SMILES string of the molecule is COc1ccc(C(NC(=O)c2ccn(-c3ccc([N+](=O)[O-])cc3)n2)c2nccn2C)cc1. The highest BCUT2D eigenvalue weighted by Crippen LogP contribution is 2.23. The Morgan fingerprint density at radius 2 is 1.81 bits per heavy atom. The number of nitrogens with one attached hydrogen (secondary N) is 1. The van der Waals surface area contributed by atoms with Crippen molar-refractivity contribution in [3.63, 3.8) is 0 Å². The first-order valence-corrected chi connectivity index (χ1v) is 9.69. The van der Waals surface area contributed by atoms with Crippen molar-refractivity contribution in [2.45, 2.75) is 6.04 Å². The molecule has 1 unspecified atom stereocenters. The Labute approximate surface area is 183 Å². The third kappa shape index (κ3) is 4.19. The van der Waals surface area contributed by atoms with Crippen molar-refractivity contribution in [2.24, 2.45) is 7.05 Å². The number of aryl methyl sites for hydroxylation is 1. The zero-order valence-electron chi connectivity index (χ0n) is 17.4. The van der Waals surface area contributed by atoms with Gasteiger partial charge in [-0.25, -0.2) is 9.67 Å². The number of aromatic nitrogens is 4. The number of ether oxygens (including phenoxy) is 1. The van der Waals surface area contributed by atoms with Gasteiger partial charge in [-0.05, 0) is 35.9 Å². The highest BCUT2D eigenvalue weighted by atomic mass is 16.6. The molecule has 0 fully saturated rings. The molecule has 2 aromatic carbocycles. The lowest BCUT2D eigenvalue weighted by Crippen LogP contribution is -2.31. The van der Waals surface area contributed by atoms with E-state index >= 15 is 0 Å². The highest BCUT2D eigenvalue weighted by Gasteiger charge is 2.23. The molecule has 0 saturated heterocycles. The summed E-state index contributed by atoms with van der Waals surface area (Å²) in [6.45, 7) is 0. The molecule has 4 aromatic rings. The van der Waals surface area contributed by atoms with Crippen molar-refractivity contribution in [1.82, 2.24) is 24.6 Å². The van der Waals surface area contributed by atoms with Crippen LogP contribution in [0.2, 0.25) is 0 Å². The van der Waals surface area contributed by atoms with Gasteiger partial charge in [0.05, 0.1) is 17.7 Å². The van der Waals surface area contributed by atoms with E-state index < -0.39 is 11.0 Å². The molecule has 1 N–H and O–H groups in total. The molecule has 32 heavy (non-hydrogen) atoms. The number of nitro benzene ring substituents is 1. The van der Waals surface area contributed by atoms with Gasteiger partial charge >= 0.3 is 0 Å². The van der Waals surface area contributed by atoms with Crippen molar-refractivity contribution >= 4 is 11.6 Å². The topological polar surface area (TPSA) is 117 Å². The maximum absolute atomic E-state index is 13.0. The number of amides is 1. The summed E-state index contributed by atoms with van der Waals surface area (Å²) in [6, 6.07) is 14.4. The van der Waals surface area contributed by atoms with Crippen LogP contribution >= 0.6 is 0 Å². The van der Waals surface area contributed by atoms with E-state index in [4.69, 9.17) is 4.74 Å². The first kappa shape index (κ1) is 20.8.